The van der Waals surface area contributed by atoms with E-state index in [0.717, 1.165) is 10.9 Å². The summed E-state index contributed by atoms with van der Waals surface area (Å²) in [5, 5.41) is 20.9. The summed E-state index contributed by atoms with van der Waals surface area (Å²) in [5.41, 5.74) is 0.839. The molecule has 0 aliphatic carbocycles. The first-order valence-electron chi connectivity index (χ1n) is 15.2. The van der Waals surface area contributed by atoms with Crippen molar-refractivity contribution in [1.29, 1.82) is 0 Å². The van der Waals surface area contributed by atoms with Gasteiger partial charge in [0.1, 0.15) is 5.69 Å². The zero-order valence-electron chi connectivity index (χ0n) is 26.0. The quantitative estimate of drug-likeness (QED) is 0.261. The van der Waals surface area contributed by atoms with Crippen molar-refractivity contribution in [1.82, 2.24) is 49.5 Å². The van der Waals surface area contributed by atoms with Gasteiger partial charge in [0.2, 0.25) is 5.91 Å². The van der Waals surface area contributed by atoms with Crippen molar-refractivity contribution in [3.8, 4) is 33.9 Å². The number of pyridine rings is 1. The van der Waals surface area contributed by atoms with Crippen LogP contribution in [-0.2, 0) is 11.0 Å². The van der Waals surface area contributed by atoms with E-state index in [1.165, 1.54) is 52.1 Å². The van der Waals surface area contributed by atoms with Gasteiger partial charge >= 0.3 is 6.18 Å². The summed E-state index contributed by atoms with van der Waals surface area (Å²) in [5.74, 6) is -0.622. The first-order chi connectivity index (χ1) is 23.9. The number of amides is 1. The van der Waals surface area contributed by atoms with Gasteiger partial charge in [-0.2, -0.15) is 23.4 Å². The number of aromatic amines is 1. The molecule has 0 radical (unpaired) electrons. The van der Waals surface area contributed by atoms with E-state index in [0.29, 0.717) is 47.6 Å². The number of nitrogens with zero attached hydrogens (tertiary/aromatic N) is 9. The number of halogens is 4. The van der Waals surface area contributed by atoms with Crippen molar-refractivity contribution in [2.24, 2.45) is 5.92 Å². The van der Waals surface area contributed by atoms with E-state index < -0.39 is 34.9 Å². The Morgan fingerprint density at radius 3 is 2.58 bits per heavy atom. The van der Waals surface area contributed by atoms with E-state index in [2.05, 4.69) is 40.9 Å². The van der Waals surface area contributed by atoms with Crippen molar-refractivity contribution < 1.29 is 18.0 Å². The van der Waals surface area contributed by atoms with E-state index in [1.807, 2.05) is 0 Å². The van der Waals surface area contributed by atoms with Crippen molar-refractivity contribution in [2.45, 2.75) is 38.4 Å². The lowest BCUT2D eigenvalue weighted by Gasteiger charge is -2.22. The molecule has 1 aliphatic rings. The van der Waals surface area contributed by atoms with Gasteiger partial charge in [-0.25, -0.2) is 19.4 Å². The molecule has 2 bridgehead atoms. The third kappa shape index (κ3) is 6.41. The Hall–Kier alpha value is -5.97. The Morgan fingerprint density at radius 2 is 1.82 bits per heavy atom. The van der Waals surface area contributed by atoms with Crippen molar-refractivity contribution in [3.63, 3.8) is 0 Å². The number of hydrogen-bond donors (Lipinski definition) is 2. The molecule has 0 saturated heterocycles. The maximum atomic E-state index is 13.8. The van der Waals surface area contributed by atoms with Crippen molar-refractivity contribution in [3.05, 3.63) is 111 Å². The Morgan fingerprint density at radius 1 is 0.980 bits per heavy atom. The lowest BCUT2D eigenvalue weighted by molar-refractivity contribution is -0.141. The minimum atomic E-state index is -4.70. The number of alkyl halides is 3. The molecular formula is C32H25ClF3N11O3. The van der Waals surface area contributed by atoms with Crippen LogP contribution in [0, 0.1) is 5.92 Å². The number of rotatable bonds is 4. The van der Waals surface area contributed by atoms with Gasteiger partial charge in [0.15, 0.2) is 5.69 Å². The molecule has 254 valence electrons. The van der Waals surface area contributed by atoms with Crippen LogP contribution in [0.2, 0.25) is 5.02 Å². The van der Waals surface area contributed by atoms with Crippen molar-refractivity contribution in [2.75, 3.05) is 5.32 Å². The third-order valence-electron chi connectivity index (χ3n) is 8.28. The molecule has 1 amide bonds. The molecule has 2 N–H and O–H groups in total. The van der Waals surface area contributed by atoms with Crippen LogP contribution in [-0.4, -0.2) is 55.4 Å². The molecule has 2 atom stereocenters. The summed E-state index contributed by atoms with van der Waals surface area (Å²) in [6, 6.07) is 9.88. The van der Waals surface area contributed by atoms with E-state index >= 15 is 0 Å². The number of carbonyl (C=O) groups is 1. The van der Waals surface area contributed by atoms with E-state index in [9.17, 15) is 27.6 Å². The van der Waals surface area contributed by atoms with Gasteiger partial charge in [0, 0.05) is 40.4 Å². The summed E-state index contributed by atoms with van der Waals surface area (Å²) in [6.07, 6.45) is 3.46. The highest BCUT2D eigenvalue weighted by atomic mass is 35.5. The zero-order chi connectivity index (χ0) is 35.2. The maximum Gasteiger partial charge on any atom is 0.436 e. The van der Waals surface area contributed by atoms with Crippen LogP contribution in [0.25, 0.3) is 33.9 Å². The standard InChI is InChI=1S/C32H25ClF3N11O3/c1-17-3-2-4-26(23-9-18(7-8-37-23)30-24(40-31(17)50)14-46(43-30)20-11-28(48)42-39-13-20)45-16-38-22(12-29(45)49)21-10-19(33)5-6-25(21)47-15-27(41-44-47)32(34,35)36/h5-17,26H,2-4H2,1H3,(H,40,50)(H,42,48). The van der Waals surface area contributed by atoms with Gasteiger partial charge in [-0.05, 0) is 43.2 Å². The summed E-state index contributed by atoms with van der Waals surface area (Å²) in [7, 11) is 0. The number of H-pyrrole nitrogens is 1. The second kappa shape index (κ2) is 12.8. The van der Waals surface area contributed by atoms with Gasteiger partial charge in [-0.15, -0.1) is 5.10 Å². The Bertz CT molecular complexity index is 2370. The molecular weight excluding hydrogens is 679 g/mol. The molecule has 2 unspecified atom stereocenters. The van der Waals surface area contributed by atoms with Crippen LogP contribution in [0.15, 0.2) is 83.2 Å². The van der Waals surface area contributed by atoms with Gasteiger partial charge in [-0.1, -0.05) is 30.2 Å². The molecule has 0 saturated carbocycles. The van der Waals surface area contributed by atoms with Crippen LogP contribution in [0.5, 0.6) is 0 Å². The Kier molecular flexibility index (Phi) is 8.35. The fraction of sp³-hybridized carbons (Fsp3) is 0.219. The SMILES string of the molecule is CC1CCCC(n2cnc(-c3cc(Cl)ccc3-n3cc(C(F)(F)F)nn3)cc2=O)c2cc(ccn2)-c2nn(-c3cn[nH]c(=O)c3)cc2NC1=O. The third-order valence-corrected chi connectivity index (χ3v) is 8.52. The first kappa shape index (κ1) is 32.6. The van der Waals surface area contributed by atoms with Gasteiger partial charge in [0.05, 0.1) is 59.4 Å². The molecule has 7 rings (SSSR count). The van der Waals surface area contributed by atoms with E-state index in [4.69, 9.17) is 11.6 Å². The summed E-state index contributed by atoms with van der Waals surface area (Å²) < 4.78 is 43.6. The molecule has 0 spiro atoms. The predicted octanol–water partition coefficient (Wildman–Crippen LogP) is 4.84. The molecule has 1 aromatic carbocycles. The summed E-state index contributed by atoms with van der Waals surface area (Å²) >= 11 is 6.25. The topological polar surface area (TPSA) is 171 Å². The molecule has 14 nitrogen and oxygen atoms in total. The van der Waals surface area contributed by atoms with Crippen LogP contribution in [0.1, 0.15) is 43.6 Å². The predicted molar refractivity (Wildman–Crippen MR) is 174 cm³/mol. The fourth-order valence-electron chi connectivity index (χ4n) is 5.73. The smallest absolute Gasteiger partial charge is 0.323 e. The monoisotopic (exact) mass is 703 g/mol. The zero-order valence-corrected chi connectivity index (χ0v) is 26.7. The minimum absolute atomic E-state index is 0.150. The highest BCUT2D eigenvalue weighted by Gasteiger charge is 2.35. The van der Waals surface area contributed by atoms with E-state index in [1.54, 1.807) is 31.5 Å². The summed E-state index contributed by atoms with van der Waals surface area (Å²) in [4.78, 5) is 48.1. The maximum absolute atomic E-state index is 13.8. The average molecular weight is 704 g/mol. The van der Waals surface area contributed by atoms with Crippen LogP contribution < -0.4 is 16.4 Å². The molecule has 6 aromatic rings. The van der Waals surface area contributed by atoms with Crippen LogP contribution in [0.4, 0.5) is 18.9 Å². The number of aromatic nitrogens is 10. The highest BCUT2D eigenvalue weighted by Crippen LogP contribution is 2.34. The van der Waals surface area contributed by atoms with Crippen LogP contribution in [0.3, 0.4) is 0 Å². The lowest BCUT2D eigenvalue weighted by atomic mass is 9.97. The molecule has 0 fully saturated rings. The van der Waals surface area contributed by atoms with Gasteiger partial charge in [-0.3, -0.25) is 23.9 Å². The highest BCUT2D eigenvalue weighted by molar-refractivity contribution is 6.31. The number of carbonyl (C=O) groups excluding carboxylic acids is 1. The Labute approximate surface area is 284 Å². The minimum Gasteiger partial charge on any atom is -0.323 e. The number of nitrogens with one attached hydrogen (secondary N) is 2. The molecule has 18 heteroatoms. The molecule has 6 heterocycles. The second-order valence-corrected chi connectivity index (χ2v) is 12.1. The normalized spacial score (nSPS) is 16.6. The number of anilines is 1. The number of hydrogen-bond acceptors (Lipinski definition) is 9. The molecule has 1 aliphatic heterocycles. The van der Waals surface area contributed by atoms with Crippen LogP contribution >= 0.6 is 11.6 Å². The van der Waals surface area contributed by atoms with E-state index in [-0.39, 0.29) is 27.9 Å². The first-order valence-corrected chi connectivity index (χ1v) is 15.6. The van der Waals surface area contributed by atoms with Crippen molar-refractivity contribution >= 4 is 23.2 Å². The average Bonchev–Trinajstić information content (AvgIpc) is 3.75. The summed E-state index contributed by atoms with van der Waals surface area (Å²) in [6.45, 7) is 1.80. The largest absolute Gasteiger partial charge is 0.436 e. The number of benzene rings is 1. The molecule has 50 heavy (non-hydrogen) atoms. The van der Waals surface area contributed by atoms with Gasteiger partial charge in [0.25, 0.3) is 11.1 Å². The fourth-order valence-corrected chi connectivity index (χ4v) is 5.90. The van der Waals surface area contributed by atoms with Gasteiger partial charge < -0.3 is 5.32 Å². The second-order valence-electron chi connectivity index (χ2n) is 11.7. The molecule has 5 aromatic heterocycles. The lowest BCUT2D eigenvalue weighted by Crippen LogP contribution is -2.27. The Balaban J connectivity index is 1.29. The number of fused-ring (bicyclic) bond motifs is 4.